The topological polar surface area (TPSA) is 23.6 Å². The Morgan fingerprint density at radius 3 is 2.42 bits per heavy atom. The molecule has 2 rings (SSSR count). The summed E-state index contributed by atoms with van der Waals surface area (Å²) in [6.07, 6.45) is 11.2. The Labute approximate surface area is 118 Å². The van der Waals surface area contributed by atoms with Gasteiger partial charge in [0.15, 0.2) is 0 Å². The molecule has 1 saturated heterocycles. The molecule has 1 unspecified atom stereocenters. The second-order valence-electron chi connectivity index (χ2n) is 6.92. The molecule has 1 atom stereocenters. The van der Waals surface area contributed by atoms with Crippen LogP contribution in [0.5, 0.6) is 0 Å². The molecule has 2 aliphatic rings. The third-order valence-corrected chi connectivity index (χ3v) is 4.94. The molecular formula is C16H30N2O. The quantitative estimate of drug-likeness (QED) is 0.564. The van der Waals surface area contributed by atoms with Gasteiger partial charge in [-0.05, 0) is 46.3 Å². The van der Waals surface area contributed by atoms with E-state index >= 15 is 0 Å². The van der Waals surface area contributed by atoms with Gasteiger partial charge in [0.05, 0.1) is 0 Å². The molecular weight excluding hydrogens is 236 g/mol. The van der Waals surface area contributed by atoms with Crippen LogP contribution in [0.1, 0.15) is 51.4 Å². The summed E-state index contributed by atoms with van der Waals surface area (Å²) in [5, 5.41) is 0. The fourth-order valence-corrected chi connectivity index (χ4v) is 3.88. The maximum Gasteiger partial charge on any atom is 0.127 e. The third kappa shape index (κ3) is 4.03. The van der Waals surface area contributed by atoms with Crippen LogP contribution in [0.25, 0.3) is 0 Å². The number of carbonyl (C=O) groups excluding carboxylic acids is 1. The SMILES string of the molecule is CN(C)CC1CCCN1CC1(C=O)CCCCCC1. The van der Waals surface area contributed by atoms with Gasteiger partial charge in [0, 0.05) is 24.5 Å². The minimum Gasteiger partial charge on any atom is -0.308 e. The van der Waals surface area contributed by atoms with Crippen molar-refractivity contribution >= 4 is 6.29 Å². The number of carbonyl (C=O) groups is 1. The smallest absolute Gasteiger partial charge is 0.127 e. The minimum atomic E-state index is -0.0363. The van der Waals surface area contributed by atoms with Crippen molar-refractivity contribution in [3.63, 3.8) is 0 Å². The first-order valence-corrected chi connectivity index (χ1v) is 8.00. The normalized spacial score (nSPS) is 28.5. The summed E-state index contributed by atoms with van der Waals surface area (Å²) >= 11 is 0. The fourth-order valence-electron chi connectivity index (χ4n) is 3.88. The van der Waals surface area contributed by atoms with E-state index in [-0.39, 0.29) is 5.41 Å². The van der Waals surface area contributed by atoms with Crippen molar-refractivity contribution in [3.05, 3.63) is 0 Å². The molecule has 1 aliphatic carbocycles. The number of likely N-dealkylation sites (N-methyl/N-ethyl adjacent to an activating group) is 1. The highest BCUT2D eigenvalue weighted by atomic mass is 16.1. The molecule has 0 spiro atoms. The summed E-state index contributed by atoms with van der Waals surface area (Å²) in [4.78, 5) is 16.6. The third-order valence-electron chi connectivity index (χ3n) is 4.94. The van der Waals surface area contributed by atoms with Crippen molar-refractivity contribution in [2.45, 2.75) is 57.4 Å². The van der Waals surface area contributed by atoms with Gasteiger partial charge in [-0.25, -0.2) is 0 Å². The second kappa shape index (κ2) is 6.85. The summed E-state index contributed by atoms with van der Waals surface area (Å²) in [5.41, 5.74) is -0.0363. The number of likely N-dealkylation sites (tertiary alicyclic amines) is 1. The van der Waals surface area contributed by atoms with E-state index in [0.29, 0.717) is 6.04 Å². The summed E-state index contributed by atoms with van der Waals surface area (Å²) in [6, 6.07) is 0.662. The van der Waals surface area contributed by atoms with Gasteiger partial charge in [-0.1, -0.05) is 25.7 Å². The van der Waals surface area contributed by atoms with Gasteiger partial charge in [-0.15, -0.1) is 0 Å². The van der Waals surface area contributed by atoms with E-state index in [0.717, 1.165) is 25.9 Å². The monoisotopic (exact) mass is 266 g/mol. The minimum absolute atomic E-state index is 0.0363. The predicted molar refractivity (Wildman–Crippen MR) is 79.3 cm³/mol. The van der Waals surface area contributed by atoms with Crippen LogP contribution in [0.4, 0.5) is 0 Å². The van der Waals surface area contributed by atoms with Crippen molar-refractivity contribution in [2.75, 3.05) is 33.7 Å². The summed E-state index contributed by atoms with van der Waals surface area (Å²) in [5.74, 6) is 0. The van der Waals surface area contributed by atoms with E-state index in [4.69, 9.17) is 0 Å². The molecule has 3 nitrogen and oxygen atoms in total. The zero-order valence-electron chi connectivity index (χ0n) is 12.7. The van der Waals surface area contributed by atoms with Crippen LogP contribution < -0.4 is 0 Å². The van der Waals surface area contributed by atoms with Crippen LogP contribution in [0.2, 0.25) is 0 Å². The van der Waals surface area contributed by atoms with Gasteiger partial charge in [-0.3, -0.25) is 4.90 Å². The molecule has 1 aliphatic heterocycles. The Bertz CT molecular complexity index is 282. The Hall–Kier alpha value is -0.410. The molecule has 1 heterocycles. The number of nitrogens with zero attached hydrogens (tertiary/aromatic N) is 2. The molecule has 0 radical (unpaired) electrons. The first-order valence-electron chi connectivity index (χ1n) is 8.00. The maximum absolute atomic E-state index is 11.7. The largest absolute Gasteiger partial charge is 0.308 e. The number of aldehydes is 1. The first kappa shape index (κ1) is 15.0. The highest BCUT2D eigenvalue weighted by Crippen LogP contribution is 2.35. The molecule has 0 aromatic carbocycles. The van der Waals surface area contributed by atoms with E-state index in [1.807, 2.05) is 0 Å². The van der Waals surface area contributed by atoms with Crippen molar-refractivity contribution in [1.82, 2.24) is 9.80 Å². The lowest BCUT2D eigenvalue weighted by Crippen LogP contribution is -2.44. The highest BCUT2D eigenvalue weighted by molar-refractivity contribution is 5.59. The Balaban J connectivity index is 1.98. The molecule has 0 N–H and O–H groups in total. The predicted octanol–water partition coefficient (Wildman–Crippen LogP) is 2.55. The molecule has 0 aromatic heterocycles. The zero-order chi connectivity index (χ0) is 13.7. The van der Waals surface area contributed by atoms with Crippen LogP contribution in [0, 0.1) is 5.41 Å². The van der Waals surface area contributed by atoms with Crippen LogP contribution in [0.15, 0.2) is 0 Å². The summed E-state index contributed by atoms with van der Waals surface area (Å²) in [6.45, 7) is 3.33. The molecule has 3 heteroatoms. The number of hydrogen-bond donors (Lipinski definition) is 0. The van der Waals surface area contributed by atoms with Gasteiger partial charge in [0.25, 0.3) is 0 Å². The zero-order valence-corrected chi connectivity index (χ0v) is 12.7. The number of rotatable bonds is 5. The van der Waals surface area contributed by atoms with Gasteiger partial charge in [0.1, 0.15) is 6.29 Å². The van der Waals surface area contributed by atoms with Crippen molar-refractivity contribution in [1.29, 1.82) is 0 Å². The molecule has 19 heavy (non-hydrogen) atoms. The van der Waals surface area contributed by atoms with E-state index in [2.05, 4.69) is 23.9 Å². The molecule has 1 saturated carbocycles. The van der Waals surface area contributed by atoms with E-state index < -0.39 is 0 Å². The van der Waals surface area contributed by atoms with Gasteiger partial charge < -0.3 is 9.69 Å². The van der Waals surface area contributed by atoms with Crippen LogP contribution >= 0.6 is 0 Å². The average Bonchev–Trinajstić information content (AvgIpc) is 2.65. The van der Waals surface area contributed by atoms with Crippen molar-refractivity contribution in [3.8, 4) is 0 Å². The van der Waals surface area contributed by atoms with Gasteiger partial charge in [-0.2, -0.15) is 0 Å². The number of hydrogen-bond acceptors (Lipinski definition) is 3. The molecule has 0 bridgehead atoms. The van der Waals surface area contributed by atoms with Crippen LogP contribution in [-0.2, 0) is 4.79 Å². The van der Waals surface area contributed by atoms with Gasteiger partial charge >= 0.3 is 0 Å². The van der Waals surface area contributed by atoms with E-state index in [1.54, 1.807) is 0 Å². The molecule has 2 fully saturated rings. The van der Waals surface area contributed by atoms with Crippen LogP contribution in [-0.4, -0.2) is 55.9 Å². The second-order valence-corrected chi connectivity index (χ2v) is 6.92. The average molecular weight is 266 g/mol. The summed E-state index contributed by atoms with van der Waals surface area (Å²) in [7, 11) is 4.30. The lowest BCUT2D eigenvalue weighted by atomic mass is 9.81. The lowest BCUT2D eigenvalue weighted by molar-refractivity contribution is -0.118. The molecule has 0 amide bonds. The molecule has 110 valence electrons. The Morgan fingerprint density at radius 1 is 1.16 bits per heavy atom. The Kier molecular flexibility index (Phi) is 5.40. The van der Waals surface area contributed by atoms with Crippen molar-refractivity contribution in [2.24, 2.45) is 5.41 Å². The van der Waals surface area contributed by atoms with Crippen molar-refractivity contribution < 1.29 is 4.79 Å². The highest BCUT2D eigenvalue weighted by Gasteiger charge is 2.36. The first-order chi connectivity index (χ1) is 9.15. The molecule has 0 aromatic rings. The standard InChI is InChI=1S/C16H30N2O/c1-17(2)12-15-8-7-11-18(15)13-16(14-19)9-5-3-4-6-10-16/h14-15H,3-13H2,1-2H3. The van der Waals surface area contributed by atoms with E-state index in [9.17, 15) is 4.79 Å². The Morgan fingerprint density at radius 2 is 1.84 bits per heavy atom. The maximum atomic E-state index is 11.7. The van der Waals surface area contributed by atoms with E-state index in [1.165, 1.54) is 51.4 Å². The fraction of sp³-hybridized carbons (Fsp3) is 0.938. The lowest BCUT2D eigenvalue weighted by Gasteiger charge is -2.35. The summed E-state index contributed by atoms with van der Waals surface area (Å²) < 4.78 is 0. The van der Waals surface area contributed by atoms with Gasteiger partial charge in [0.2, 0.25) is 0 Å². The van der Waals surface area contributed by atoms with Crippen LogP contribution in [0.3, 0.4) is 0 Å².